The minimum absolute atomic E-state index is 0.0906. The number of aliphatic hydroxyl groups excluding tert-OH is 1. The summed E-state index contributed by atoms with van der Waals surface area (Å²) in [6.07, 6.45) is 0. The van der Waals surface area contributed by atoms with Gasteiger partial charge in [0.05, 0.1) is 12.1 Å². The van der Waals surface area contributed by atoms with Crippen LogP contribution in [0.1, 0.15) is 22.3 Å². The van der Waals surface area contributed by atoms with Crippen LogP contribution in [0.25, 0.3) is 0 Å². The predicted molar refractivity (Wildman–Crippen MR) is 99.0 cm³/mol. The van der Waals surface area contributed by atoms with Crippen LogP contribution >= 0.6 is 0 Å². The molecule has 0 aromatic heterocycles. The molecule has 0 bridgehead atoms. The molecule has 0 radical (unpaired) electrons. The van der Waals surface area contributed by atoms with E-state index in [9.17, 15) is 5.11 Å². The molecule has 0 spiro atoms. The van der Waals surface area contributed by atoms with Gasteiger partial charge < -0.3 is 5.11 Å². The first-order chi connectivity index (χ1) is 11.8. The molecule has 2 nitrogen and oxygen atoms in total. The number of benzene rings is 3. The van der Waals surface area contributed by atoms with E-state index >= 15 is 0 Å². The van der Waals surface area contributed by atoms with E-state index in [1.54, 1.807) is 0 Å². The number of hydrogen-bond acceptors (Lipinski definition) is 2. The van der Waals surface area contributed by atoms with E-state index in [1.165, 1.54) is 11.1 Å². The average molecular weight is 317 g/mol. The molecule has 0 aliphatic carbocycles. The van der Waals surface area contributed by atoms with Gasteiger partial charge in [-0.15, -0.1) is 0 Å². The maximum atomic E-state index is 9.45. The lowest BCUT2D eigenvalue weighted by Gasteiger charge is -2.37. The molecular formula is C22H23NO. The average Bonchev–Trinajstić information content (AvgIpc) is 2.65. The van der Waals surface area contributed by atoms with Crippen LogP contribution in [0.4, 0.5) is 0 Å². The molecule has 122 valence electrons. The first-order valence-electron chi connectivity index (χ1n) is 8.31. The second-order valence-electron chi connectivity index (χ2n) is 6.00. The third-order valence-corrected chi connectivity index (χ3v) is 4.40. The predicted octanol–water partition coefficient (Wildman–Crippen LogP) is 3.87. The van der Waals surface area contributed by atoms with Gasteiger partial charge in [-0.25, -0.2) is 0 Å². The minimum Gasteiger partial charge on any atom is -0.395 e. The Morgan fingerprint density at radius 2 is 1.17 bits per heavy atom. The maximum absolute atomic E-state index is 9.45. The summed E-state index contributed by atoms with van der Waals surface area (Å²) in [5.74, 6) is 0. The van der Waals surface area contributed by atoms with Crippen molar-refractivity contribution in [2.75, 3.05) is 13.2 Å². The number of nitrogens with one attached hydrogen (secondary N) is 1. The summed E-state index contributed by atoms with van der Waals surface area (Å²) >= 11 is 0. The van der Waals surface area contributed by atoms with Crippen molar-refractivity contribution >= 4 is 0 Å². The van der Waals surface area contributed by atoms with E-state index < -0.39 is 5.54 Å². The molecule has 0 saturated carbocycles. The van der Waals surface area contributed by atoms with Gasteiger partial charge in [-0.05, 0) is 23.6 Å². The standard InChI is InChI=1S/C22H23NO/c1-18-12-14-21(15-13-18)22(23-16-17-24,19-8-4-2-5-9-19)20-10-6-3-7-11-20/h2-15,23-24H,16-17H2,1H3. The summed E-state index contributed by atoms with van der Waals surface area (Å²) in [6, 6.07) is 29.4. The van der Waals surface area contributed by atoms with Gasteiger partial charge in [0.1, 0.15) is 0 Å². The highest BCUT2D eigenvalue weighted by atomic mass is 16.3. The molecule has 3 aromatic rings. The van der Waals surface area contributed by atoms with Gasteiger partial charge in [0.25, 0.3) is 0 Å². The molecule has 0 saturated heterocycles. The van der Waals surface area contributed by atoms with E-state index in [-0.39, 0.29) is 6.61 Å². The smallest absolute Gasteiger partial charge is 0.0948 e. The van der Waals surface area contributed by atoms with Crippen molar-refractivity contribution in [3.63, 3.8) is 0 Å². The Labute approximate surface area is 143 Å². The number of aryl methyl sites for hydroxylation is 1. The molecule has 3 aromatic carbocycles. The topological polar surface area (TPSA) is 32.3 Å². The van der Waals surface area contributed by atoms with E-state index in [1.807, 2.05) is 12.1 Å². The van der Waals surface area contributed by atoms with E-state index in [0.717, 1.165) is 11.1 Å². The van der Waals surface area contributed by atoms with Crippen LogP contribution in [-0.4, -0.2) is 18.3 Å². The Balaban J connectivity index is 2.26. The van der Waals surface area contributed by atoms with E-state index in [4.69, 9.17) is 0 Å². The maximum Gasteiger partial charge on any atom is 0.0948 e. The van der Waals surface area contributed by atoms with Crippen LogP contribution in [-0.2, 0) is 5.54 Å². The third-order valence-electron chi connectivity index (χ3n) is 4.40. The van der Waals surface area contributed by atoms with Gasteiger partial charge in [-0.1, -0.05) is 90.5 Å². The zero-order valence-corrected chi connectivity index (χ0v) is 13.9. The Morgan fingerprint density at radius 3 is 1.62 bits per heavy atom. The fourth-order valence-electron chi connectivity index (χ4n) is 3.23. The van der Waals surface area contributed by atoms with Crippen LogP contribution in [0.5, 0.6) is 0 Å². The van der Waals surface area contributed by atoms with Gasteiger partial charge in [0.2, 0.25) is 0 Å². The molecule has 0 aliphatic heterocycles. The summed E-state index contributed by atoms with van der Waals surface area (Å²) < 4.78 is 0. The van der Waals surface area contributed by atoms with Crippen LogP contribution in [0.2, 0.25) is 0 Å². The molecule has 24 heavy (non-hydrogen) atoms. The summed E-state index contributed by atoms with van der Waals surface area (Å²) in [5.41, 5.74) is 4.23. The lowest BCUT2D eigenvalue weighted by Crippen LogP contribution is -2.45. The van der Waals surface area contributed by atoms with Gasteiger partial charge in [0, 0.05) is 6.54 Å². The zero-order valence-electron chi connectivity index (χ0n) is 13.9. The molecule has 3 rings (SSSR count). The second kappa shape index (κ2) is 7.43. The van der Waals surface area contributed by atoms with E-state index in [0.29, 0.717) is 6.54 Å². The minimum atomic E-state index is -0.487. The molecule has 2 heteroatoms. The molecule has 0 fully saturated rings. The normalized spacial score (nSPS) is 11.4. The van der Waals surface area contributed by atoms with E-state index in [2.05, 4.69) is 85.0 Å². The van der Waals surface area contributed by atoms with Gasteiger partial charge in [0.15, 0.2) is 0 Å². The largest absolute Gasteiger partial charge is 0.395 e. The van der Waals surface area contributed by atoms with Gasteiger partial charge in [-0.2, -0.15) is 0 Å². The summed E-state index contributed by atoms with van der Waals surface area (Å²) in [7, 11) is 0. The highest BCUT2D eigenvalue weighted by molar-refractivity contribution is 5.49. The summed E-state index contributed by atoms with van der Waals surface area (Å²) in [4.78, 5) is 0. The fourth-order valence-corrected chi connectivity index (χ4v) is 3.23. The second-order valence-corrected chi connectivity index (χ2v) is 6.00. The van der Waals surface area contributed by atoms with Gasteiger partial charge >= 0.3 is 0 Å². The first kappa shape index (κ1) is 16.4. The van der Waals surface area contributed by atoms with Crippen LogP contribution in [0.3, 0.4) is 0 Å². The zero-order chi connectivity index (χ0) is 16.8. The van der Waals surface area contributed by atoms with Crippen molar-refractivity contribution in [3.8, 4) is 0 Å². The van der Waals surface area contributed by atoms with Gasteiger partial charge in [-0.3, -0.25) is 5.32 Å². The Morgan fingerprint density at radius 1 is 0.708 bits per heavy atom. The van der Waals surface area contributed by atoms with Crippen LogP contribution in [0.15, 0.2) is 84.9 Å². The Hall–Kier alpha value is -2.42. The Bertz CT molecular complexity index is 711. The van der Waals surface area contributed by atoms with Crippen molar-refractivity contribution in [1.29, 1.82) is 0 Å². The molecule has 0 unspecified atom stereocenters. The molecular weight excluding hydrogens is 294 g/mol. The number of rotatable bonds is 6. The number of aliphatic hydroxyl groups is 1. The molecule has 0 heterocycles. The SMILES string of the molecule is Cc1ccc(C(NCCO)(c2ccccc2)c2ccccc2)cc1. The van der Waals surface area contributed by atoms with Crippen molar-refractivity contribution in [1.82, 2.24) is 5.32 Å². The monoisotopic (exact) mass is 317 g/mol. The van der Waals surface area contributed by atoms with Crippen molar-refractivity contribution in [3.05, 3.63) is 107 Å². The van der Waals surface area contributed by atoms with Crippen LogP contribution in [0, 0.1) is 6.92 Å². The van der Waals surface area contributed by atoms with Crippen molar-refractivity contribution < 1.29 is 5.11 Å². The highest BCUT2D eigenvalue weighted by Crippen LogP contribution is 2.36. The lowest BCUT2D eigenvalue weighted by molar-refractivity contribution is 0.277. The van der Waals surface area contributed by atoms with Crippen molar-refractivity contribution in [2.24, 2.45) is 0 Å². The molecule has 2 N–H and O–H groups in total. The molecule has 0 aliphatic rings. The fraction of sp³-hybridized carbons (Fsp3) is 0.182. The Kier molecular flexibility index (Phi) is 5.09. The highest BCUT2D eigenvalue weighted by Gasteiger charge is 2.35. The third kappa shape index (κ3) is 3.12. The molecule has 0 atom stereocenters. The quantitative estimate of drug-likeness (QED) is 0.677. The molecule has 0 amide bonds. The summed E-state index contributed by atoms with van der Waals surface area (Å²) in [6.45, 7) is 2.70. The number of hydrogen-bond donors (Lipinski definition) is 2. The lowest BCUT2D eigenvalue weighted by atomic mass is 9.77. The van der Waals surface area contributed by atoms with Crippen molar-refractivity contribution in [2.45, 2.75) is 12.5 Å². The van der Waals surface area contributed by atoms with Crippen LogP contribution < -0.4 is 5.32 Å². The summed E-state index contributed by atoms with van der Waals surface area (Å²) in [5, 5.41) is 13.1. The first-order valence-corrected chi connectivity index (χ1v) is 8.31.